The Labute approximate surface area is 157 Å². The van der Waals surface area contributed by atoms with E-state index in [1.165, 1.54) is 18.3 Å². The predicted octanol–water partition coefficient (Wildman–Crippen LogP) is 1.63. The van der Waals surface area contributed by atoms with E-state index in [2.05, 4.69) is 25.4 Å². The van der Waals surface area contributed by atoms with E-state index in [4.69, 9.17) is 0 Å². The molecule has 0 aliphatic rings. The summed E-state index contributed by atoms with van der Waals surface area (Å²) in [4.78, 5) is 35.2. The number of carbonyl (C=O) groups excluding carboxylic acids is 1. The molecule has 0 bridgehead atoms. The number of nitrogens with zero attached hydrogens (tertiary/aromatic N) is 6. The third kappa shape index (κ3) is 3.37. The van der Waals surface area contributed by atoms with Crippen LogP contribution in [0.4, 0.5) is 23.4 Å². The van der Waals surface area contributed by atoms with E-state index in [1.807, 2.05) is 0 Å². The molecule has 4 aromatic rings. The predicted molar refractivity (Wildman–Crippen MR) is 90.4 cm³/mol. The molecule has 1 N–H and O–H groups in total. The summed E-state index contributed by atoms with van der Waals surface area (Å²) in [5, 5.41) is 5.96. The van der Waals surface area contributed by atoms with Gasteiger partial charge in [0.15, 0.2) is 5.65 Å². The molecule has 29 heavy (non-hydrogen) atoms. The second kappa shape index (κ2) is 6.61. The number of alkyl halides is 3. The Morgan fingerprint density at radius 1 is 1.14 bits per heavy atom. The van der Waals surface area contributed by atoms with Gasteiger partial charge in [0.1, 0.15) is 29.2 Å². The van der Waals surface area contributed by atoms with E-state index in [0.717, 1.165) is 27.5 Å². The summed E-state index contributed by atoms with van der Waals surface area (Å²) >= 11 is 0. The molecule has 0 aliphatic heterocycles. The van der Waals surface area contributed by atoms with Gasteiger partial charge in [-0.25, -0.2) is 19.3 Å². The van der Waals surface area contributed by atoms with Gasteiger partial charge in [0, 0.05) is 12.3 Å². The number of aromatic nitrogens is 6. The highest BCUT2D eigenvalue weighted by molar-refractivity contribution is 5.91. The van der Waals surface area contributed by atoms with Crippen LogP contribution < -0.4 is 10.9 Å². The SMILES string of the molecule is O=C(Cn1c2nc(C(F)(F)F)ncc2c(=O)n2nccc12)Nc1ccc(F)cn1. The maximum Gasteiger partial charge on any atom is 0.451 e. The van der Waals surface area contributed by atoms with Crippen LogP contribution in [0.15, 0.2) is 41.6 Å². The van der Waals surface area contributed by atoms with Crippen molar-refractivity contribution in [2.75, 3.05) is 5.32 Å². The first-order chi connectivity index (χ1) is 13.7. The number of anilines is 1. The Hall–Kier alpha value is -3.90. The van der Waals surface area contributed by atoms with Gasteiger partial charge in [-0.1, -0.05) is 0 Å². The van der Waals surface area contributed by atoms with Crippen molar-refractivity contribution in [3.63, 3.8) is 0 Å². The maximum absolute atomic E-state index is 13.0. The summed E-state index contributed by atoms with van der Waals surface area (Å²) < 4.78 is 54.1. The summed E-state index contributed by atoms with van der Waals surface area (Å²) in [5.74, 6) is -2.71. The van der Waals surface area contributed by atoms with E-state index in [0.29, 0.717) is 0 Å². The fraction of sp³-hybridized carbons (Fsp3) is 0.125. The van der Waals surface area contributed by atoms with Crippen LogP contribution in [0.5, 0.6) is 0 Å². The summed E-state index contributed by atoms with van der Waals surface area (Å²) in [6, 6.07) is 3.64. The number of amides is 1. The average molecular weight is 407 g/mol. The monoisotopic (exact) mass is 407 g/mol. The average Bonchev–Trinajstić information content (AvgIpc) is 3.16. The second-order valence-electron chi connectivity index (χ2n) is 5.83. The molecule has 4 heterocycles. The molecule has 0 spiro atoms. The van der Waals surface area contributed by atoms with Crippen LogP contribution in [0.2, 0.25) is 0 Å². The number of pyridine rings is 1. The van der Waals surface area contributed by atoms with Crippen molar-refractivity contribution in [3.8, 4) is 0 Å². The number of carbonyl (C=O) groups is 1. The molecule has 9 nitrogen and oxygen atoms in total. The summed E-state index contributed by atoms with van der Waals surface area (Å²) in [6.45, 7) is -0.515. The van der Waals surface area contributed by atoms with Crippen molar-refractivity contribution in [2.24, 2.45) is 0 Å². The van der Waals surface area contributed by atoms with Crippen molar-refractivity contribution < 1.29 is 22.4 Å². The van der Waals surface area contributed by atoms with Gasteiger partial charge in [-0.2, -0.15) is 22.8 Å². The first-order valence-electron chi connectivity index (χ1n) is 7.96. The van der Waals surface area contributed by atoms with Gasteiger partial charge in [-0.05, 0) is 12.1 Å². The second-order valence-corrected chi connectivity index (χ2v) is 5.83. The molecular formula is C16H9F4N7O2. The fourth-order valence-corrected chi connectivity index (χ4v) is 2.68. The standard InChI is InChI=1S/C16H9F4N7O2/c17-8-1-2-10(21-5-8)24-11(28)7-26-12-3-4-23-27(12)14(29)9-6-22-15(16(18,19)20)25-13(9)26/h1-6H,7H2,(H,21,24,28). The first-order valence-corrected chi connectivity index (χ1v) is 7.96. The quantitative estimate of drug-likeness (QED) is 0.518. The zero-order valence-corrected chi connectivity index (χ0v) is 14.2. The molecule has 0 atom stereocenters. The minimum Gasteiger partial charge on any atom is -0.309 e. The number of nitrogens with one attached hydrogen (secondary N) is 1. The topological polar surface area (TPSA) is 107 Å². The first kappa shape index (κ1) is 18.5. The van der Waals surface area contributed by atoms with Gasteiger partial charge in [-0.3, -0.25) is 9.59 Å². The minimum atomic E-state index is -4.85. The molecule has 0 fully saturated rings. The van der Waals surface area contributed by atoms with Gasteiger partial charge in [-0.15, -0.1) is 0 Å². The molecule has 13 heteroatoms. The van der Waals surface area contributed by atoms with Crippen molar-refractivity contribution in [2.45, 2.75) is 12.7 Å². The normalized spacial score (nSPS) is 11.9. The number of halogens is 4. The zero-order chi connectivity index (χ0) is 20.8. The third-order valence-corrected chi connectivity index (χ3v) is 3.90. The molecule has 0 saturated heterocycles. The third-order valence-electron chi connectivity index (χ3n) is 3.90. The van der Waals surface area contributed by atoms with Crippen LogP contribution in [-0.4, -0.2) is 35.0 Å². The number of hydrogen-bond donors (Lipinski definition) is 1. The molecule has 0 unspecified atom stereocenters. The van der Waals surface area contributed by atoms with Gasteiger partial charge >= 0.3 is 6.18 Å². The van der Waals surface area contributed by atoms with E-state index in [1.54, 1.807) is 0 Å². The molecular weight excluding hydrogens is 398 g/mol. The Bertz CT molecular complexity index is 1300. The van der Waals surface area contributed by atoms with Crippen molar-refractivity contribution >= 4 is 28.4 Å². The van der Waals surface area contributed by atoms with Crippen LogP contribution in [0.3, 0.4) is 0 Å². The molecule has 0 radical (unpaired) electrons. The van der Waals surface area contributed by atoms with E-state index >= 15 is 0 Å². The van der Waals surface area contributed by atoms with Gasteiger partial charge < -0.3 is 9.88 Å². The van der Waals surface area contributed by atoms with E-state index in [9.17, 15) is 27.2 Å². The van der Waals surface area contributed by atoms with Gasteiger partial charge in [0.05, 0.1) is 12.4 Å². The number of rotatable bonds is 3. The fourth-order valence-electron chi connectivity index (χ4n) is 2.68. The van der Waals surface area contributed by atoms with Crippen LogP contribution in [0, 0.1) is 5.82 Å². The van der Waals surface area contributed by atoms with E-state index in [-0.39, 0.29) is 22.5 Å². The van der Waals surface area contributed by atoms with Crippen molar-refractivity contribution in [1.29, 1.82) is 0 Å². The minimum absolute atomic E-state index is 0.0388. The Morgan fingerprint density at radius 2 is 1.93 bits per heavy atom. The summed E-state index contributed by atoms with van der Waals surface area (Å²) in [7, 11) is 0. The highest BCUT2D eigenvalue weighted by atomic mass is 19.4. The lowest BCUT2D eigenvalue weighted by Crippen LogP contribution is -2.26. The van der Waals surface area contributed by atoms with Gasteiger partial charge in [0.25, 0.3) is 5.56 Å². The van der Waals surface area contributed by atoms with E-state index < -0.39 is 35.8 Å². The Kier molecular flexibility index (Phi) is 4.21. The molecule has 0 saturated carbocycles. The smallest absolute Gasteiger partial charge is 0.309 e. The Balaban J connectivity index is 1.83. The Morgan fingerprint density at radius 3 is 2.62 bits per heavy atom. The van der Waals surface area contributed by atoms with Gasteiger partial charge in [0.2, 0.25) is 11.7 Å². The highest BCUT2D eigenvalue weighted by Crippen LogP contribution is 2.26. The molecule has 0 aliphatic carbocycles. The molecule has 4 rings (SSSR count). The lowest BCUT2D eigenvalue weighted by molar-refractivity contribution is -0.144. The molecule has 148 valence electrons. The summed E-state index contributed by atoms with van der Waals surface area (Å²) in [5.41, 5.74) is -1.06. The lowest BCUT2D eigenvalue weighted by atomic mass is 10.3. The molecule has 0 aromatic carbocycles. The zero-order valence-electron chi connectivity index (χ0n) is 14.2. The molecule has 1 amide bonds. The van der Waals surface area contributed by atoms with Crippen LogP contribution in [0.25, 0.3) is 16.7 Å². The number of fused-ring (bicyclic) bond motifs is 2. The number of hydrogen-bond acceptors (Lipinski definition) is 6. The van der Waals surface area contributed by atoms with Crippen molar-refractivity contribution in [3.05, 3.63) is 58.8 Å². The van der Waals surface area contributed by atoms with Crippen molar-refractivity contribution in [1.82, 2.24) is 29.1 Å². The maximum atomic E-state index is 13.0. The molecule has 4 aromatic heterocycles. The highest BCUT2D eigenvalue weighted by Gasteiger charge is 2.35. The largest absolute Gasteiger partial charge is 0.451 e. The van der Waals surface area contributed by atoms with Crippen LogP contribution in [0.1, 0.15) is 5.82 Å². The summed E-state index contributed by atoms with van der Waals surface area (Å²) in [6.07, 6.45) is -1.96. The van der Waals surface area contributed by atoms with Crippen LogP contribution in [-0.2, 0) is 17.5 Å². The van der Waals surface area contributed by atoms with Crippen LogP contribution >= 0.6 is 0 Å². The lowest BCUT2D eigenvalue weighted by Gasteiger charge is -2.13.